The molecule has 6 heteroatoms. The lowest BCUT2D eigenvalue weighted by Crippen LogP contribution is -2.45. The Balaban J connectivity index is 1.78. The molecule has 0 radical (unpaired) electrons. The predicted octanol–water partition coefficient (Wildman–Crippen LogP) is 4.83. The van der Waals surface area contributed by atoms with E-state index in [1.54, 1.807) is 39.0 Å². The van der Waals surface area contributed by atoms with Gasteiger partial charge < -0.3 is 10.1 Å². The van der Waals surface area contributed by atoms with Gasteiger partial charge in [0.15, 0.2) is 0 Å². The Bertz CT molecular complexity index is 859. The third-order valence-electron chi connectivity index (χ3n) is 4.52. The summed E-state index contributed by atoms with van der Waals surface area (Å²) >= 11 is 0. The molecular weight excluding hydrogens is 359 g/mol. The van der Waals surface area contributed by atoms with Crippen molar-refractivity contribution in [2.24, 2.45) is 0 Å². The zero-order valence-corrected chi connectivity index (χ0v) is 16.4. The summed E-state index contributed by atoms with van der Waals surface area (Å²) in [5, 5.41) is 2.93. The smallest absolute Gasteiger partial charge is 0.410 e. The predicted molar refractivity (Wildman–Crippen MR) is 106 cm³/mol. The van der Waals surface area contributed by atoms with Gasteiger partial charge in [-0.3, -0.25) is 9.69 Å². The van der Waals surface area contributed by atoms with Crippen LogP contribution in [0.25, 0.3) is 11.1 Å². The molecule has 0 aliphatic carbocycles. The van der Waals surface area contributed by atoms with Crippen molar-refractivity contribution in [1.29, 1.82) is 0 Å². The molecule has 0 saturated carbocycles. The molecule has 2 aromatic rings. The van der Waals surface area contributed by atoms with Crippen molar-refractivity contribution in [2.45, 2.75) is 45.3 Å². The van der Waals surface area contributed by atoms with Gasteiger partial charge in [-0.1, -0.05) is 30.3 Å². The third kappa shape index (κ3) is 4.68. The van der Waals surface area contributed by atoms with Gasteiger partial charge in [-0.2, -0.15) is 0 Å². The Morgan fingerprint density at radius 1 is 1.11 bits per heavy atom. The van der Waals surface area contributed by atoms with Crippen LogP contribution in [0.2, 0.25) is 0 Å². The molecule has 5 nitrogen and oxygen atoms in total. The van der Waals surface area contributed by atoms with Crippen LogP contribution in [0.4, 0.5) is 14.9 Å². The Morgan fingerprint density at radius 2 is 1.79 bits per heavy atom. The van der Waals surface area contributed by atoms with Crippen LogP contribution >= 0.6 is 0 Å². The molecule has 0 bridgehead atoms. The number of hydrogen-bond acceptors (Lipinski definition) is 3. The van der Waals surface area contributed by atoms with Crippen LogP contribution in [0.15, 0.2) is 48.5 Å². The van der Waals surface area contributed by atoms with Gasteiger partial charge >= 0.3 is 6.09 Å². The van der Waals surface area contributed by atoms with Gasteiger partial charge in [-0.25, -0.2) is 9.18 Å². The molecule has 1 fully saturated rings. The minimum Gasteiger partial charge on any atom is -0.444 e. The van der Waals surface area contributed by atoms with Crippen molar-refractivity contribution in [3.05, 3.63) is 54.3 Å². The molecule has 1 aliphatic heterocycles. The molecule has 0 unspecified atom stereocenters. The molecule has 1 aliphatic rings. The lowest BCUT2D eigenvalue weighted by Gasteiger charge is -2.28. The number of ether oxygens (including phenoxy) is 1. The number of rotatable bonds is 3. The summed E-state index contributed by atoms with van der Waals surface area (Å²) in [7, 11) is 0. The van der Waals surface area contributed by atoms with Crippen LogP contribution in [0.3, 0.4) is 0 Å². The zero-order chi connectivity index (χ0) is 20.3. The maximum Gasteiger partial charge on any atom is 0.410 e. The summed E-state index contributed by atoms with van der Waals surface area (Å²) in [6.07, 6.45) is 0.859. The van der Waals surface area contributed by atoms with Gasteiger partial charge in [0.1, 0.15) is 17.5 Å². The van der Waals surface area contributed by atoms with E-state index >= 15 is 0 Å². The molecule has 2 aromatic carbocycles. The van der Waals surface area contributed by atoms with Gasteiger partial charge in [0.2, 0.25) is 5.91 Å². The van der Waals surface area contributed by atoms with Gasteiger partial charge in [-0.05, 0) is 57.4 Å². The normalized spacial score (nSPS) is 16.7. The number of likely N-dealkylation sites (tertiary alicyclic amines) is 1. The van der Waals surface area contributed by atoms with Gasteiger partial charge in [-0.15, -0.1) is 0 Å². The highest BCUT2D eigenvalue weighted by atomic mass is 19.1. The molecule has 0 spiro atoms. The second-order valence-electron chi connectivity index (χ2n) is 7.87. The average molecular weight is 384 g/mol. The number of carbonyl (C=O) groups excluding carboxylic acids is 2. The number of hydrogen-bond donors (Lipinski definition) is 1. The molecule has 2 amide bonds. The molecule has 28 heavy (non-hydrogen) atoms. The van der Waals surface area contributed by atoms with E-state index in [-0.39, 0.29) is 11.7 Å². The van der Waals surface area contributed by atoms with Gasteiger partial charge in [0.05, 0.1) is 0 Å². The monoisotopic (exact) mass is 384 g/mol. The first-order valence-corrected chi connectivity index (χ1v) is 9.40. The van der Waals surface area contributed by atoms with Crippen LogP contribution < -0.4 is 5.32 Å². The lowest BCUT2D eigenvalue weighted by molar-refractivity contribution is -0.120. The van der Waals surface area contributed by atoms with Crippen LogP contribution in [-0.2, 0) is 9.53 Å². The minimum absolute atomic E-state index is 0.252. The summed E-state index contributed by atoms with van der Waals surface area (Å²) < 4.78 is 18.7. The second kappa shape index (κ2) is 8.00. The summed E-state index contributed by atoms with van der Waals surface area (Å²) in [5.41, 5.74) is 1.59. The van der Waals surface area contributed by atoms with Crippen molar-refractivity contribution in [1.82, 2.24) is 4.90 Å². The molecule has 1 N–H and O–H groups in total. The fourth-order valence-electron chi connectivity index (χ4n) is 3.27. The largest absolute Gasteiger partial charge is 0.444 e. The standard InChI is InChI=1S/C22H25FN2O3/c1-22(2,3)28-21(27)25-14-6-9-19(25)20(26)24-18-8-5-4-7-17(18)15-10-12-16(23)13-11-15/h4-5,7-8,10-13,19H,6,9,14H2,1-3H3,(H,24,26)/t19-/m0/s1. The molecule has 1 atom stereocenters. The lowest BCUT2D eigenvalue weighted by atomic mass is 10.0. The molecule has 0 aromatic heterocycles. The van der Waals surface area contributed by atoms with Crippen molar-refractivity contribution in [2.75, 3.05) is 11.9 Å². The Labute approximate surface area is 164 Å². The number of benzene rings is 2. The highest BCUT2D eigenvalue weighted by Gasteiger charge is 2.36. The maximum absolute atomic E-state index is 13.2. The second-order valence-corrected chi connectivity index (χ2v) is 7.87. The van der Waals surface area contributed by atoms with Crippen LogP contribution in [0.1, 0.15) is 33.6 Å². The van der Waals surface area contributed by atoms with Crippen LogP contribution in [-0.4, -0.2) is 35.1 Å². The van der Waals surface area contributed by atoms with E-state index < -0.39 is 17.7 Å². The summed E-state index contributed by atoms with van der Waals surface area (Å²) in [5.74, 6) is -0.567. The zero-order valence-electron chi connectivity index (χ0n) is 16.4. The fraction of sp³-hybridized carbons (Fsp3) is 0.364. The first-order chi connectivity index (χ1) is 13.2. The number of anilines is 1. The fourth-order valence-corrected chi connectivity index (χ4v) is 3.27. The van der Waals surface area contributed by atoms with Crippen molar-refractivity contribution >= 4 is 17.7 Å². The van der Waals surface area contributed by atoms with Crippen LogP contribution in [0.5, 0.6) is 0 Å². The van der Waals surface area contributed by atoms with Gasteiger partial charge in [0.25, 0.3) is 0 Å². The van der Waals surface area contributed by atoms with Gasteiger partial charge in [0, 0.05) is 17.8 Å². The number of nitrogens with zero attached hydrogens (tertiary/aromatic N) is 1. The van der Waals surface area contributed by atoms with Crippen molar-refractivity contribution < 1.29 is 18.7 Å². The SMILES string of the molecule is CC(C)(C)OC(=O)N1CCC[C@H]1C(=O)Nc1ccccc1-c1ccc(F)cc1. The molecule has 1 heterocycles. The number of nitrogens with one attached hydrogen (secondary N) is 1. The molecule has 3 rings (SSSR count). The summed E-state index contributed by atoms with van der Waals surface area (Å²) in [4.78, 5) is 26.8. The van der Waals surface area contributed by atoms with E-state index in [0.29, 0.717) is 18.7 Å². The number of para-hydroxylation sites is 1. The first kappa shape index (κ1) is 19.9. The topological polar surface area (TPSA) is 58.6 Å². The highest BCUT2D eigenvalue weighted by molar-refractivity contribution is 6.00. The van der Waals surface area contributed by atoms with E-state index in [0.717, 1.165) is 17.5 Å². The first-order valence-electron chi connectivity index (χ1n) is 9.40. The van der Waals surface area contributed by atoms with Crippen molar-refractivity contribution in [3.8, 4) is 11.1 Å². The minimum atomic E-state index is -0.615. The summed E-state index contributed by atoms with van der Waals surface area (Å²) in [6, 6.07) is 12.9. The quantitative estimate of drug-likeness (QED) is 0.824. The maximum atomic E-state index is 13.2. The summed E-state index contributed by atoms with van der Waals surface area (Å²) in [6.45, 7) is 5.89. The Morgan fingerprint density at radius 3 is 2.46 bits per heavy atom. The van der Waals surface area contributed by atoms with Crippen LogP contribution in [0, 0.1) is 5.82 Å². The van der Waals surface area contributed by atoms with Crippen molar-refractivity contribution in [3.63, 3.8) is 0 Å². The van der Waals surface area contributed by atoms with E-state index in [4.69, 9.17) is 4.74 Å². The molecular formula is C22H25FN2O3. The average Bonchev–Trinajstić information content (AvgIpc) is 3.12. The van der Waals surface area contributed by atoms with E-state index in [1.165, 1.54) is 17.0 Å². The Hall–Kier alpha value is -2.89. The van der Waals surface area contributed by atoms with E-state index in [2.05, 4.69) is 5.32 Å². The molecule has 148 valence electrons. The number of halogens is 1. The van der Waals surface area contributed by atoms with E-state index in [1.807, 2.05) is 18.2 Å². The third-order valence-corrected chi connectivity index (χ3v) is 4.52. The van der Waals surface area contributed by atoms with E-state index in [9.17, 15) is 14.0 Å². The number of amides is 2. The number of carbonyl (C=O) groups is 2. The highest BCUT2D eigenvalue weighted by Crippen LogP contribution is 2.29. The Kier molecular flexibility index (Phi) is 5.68. The molecule has 1 saturated heterocycles.